The number of fused-ring (bicyclic) bond motifs is 1. The summed E-state index contributed by atoms with van der Waals surface area (Å²) < 4.78 is 1.40. The van der Waals surface area contributed by atoms with Crippen molar-refractivity contribution in [3.63, 3.8) is 0 Å². The van der Waals surface area contributed by atoms with Crippen molar-refractivity contribution in [2.75, 3.05) is 0 Å². The van der Waals surface area contributed by atoms with E-state index in [0.29, 0.717) is 12.1 Å². The Morgan fingerprint density at radius 3 is 2.75 bits per heavy atom. The van der Waals surface area contributed by atoms with E-state index in [0.717, 1.165) is 17.0 Å². The highest BCUT2D eigenvalue weighted by Crippen LogP contribution is 2.15. The number of rotatable bonds is 2. The first-order valence-corrected chi connectivity index (χ1v) is 5.13. The second-order valence-corrected chi connectivity index (χ2v) is 3.74. The molecule has 0 aliphatic rings. The smallest absolute Gasteiger partial charge is 0.354 e. The molecule has 0 spiro atoms. The molecular formula is C11H13N3O2. The highest BCUT2D eigenvalue weighted by molar-refractivity contribution is 5.86. The third-order valence-corrected chi connectivity index (χ3v) is 2.69. The highest BCUT2D eigenvalue weighted by Gasteiger charge is 2.15. The molecule has 0 amide bonds. The Bertz CT molecular complexity index is 572. The molecule has 5 heteroatoms. The molecule has 2 aromatic rings. The topological polar surface area (TPSA) is 67.5 Å². The Morgan fingerprint density at radius 1 is 1.50 bits per heavy atom. The van der Waals surface area contributed by atoms with Crippen molar-refractivity contribution in [1.29, 1.82) is 0 Å². The fourth-order valence-corrected chi connectivity index (χ4v) is 1.61. The van der Waals surface area contributed by atoms with Gasteiger partial charge in [0.05, 0.1) is 5.69 Å². The van der Waals surface area contributed by atoms with Gasteiger partial charge in [-0.05, 0) is 26.3 Å². The van der Waals surface area contributed by atoms with Gasteiger partial charge in [0.1, 0.15) is 0 Å². The number of carboxylic acids is 1. The van der Waals surface area contributed by atoms with Gasteiger partial charge in [-0.2, -0.15) is 5.10 Å². The van der Waals surface area contributed by atoms with Crippen molar-refractivity contribution in [3.05, 3.63) is 28.7 Å². The second-order valence-electron chi connectivity index (χ2n) is 3.74. The van der Waals surface area contributed by atoms with Gasteiger partial charge < -0.3 is 5.11 Å². The Labute approximate surface area is 92.7 Å². The van der Waals surface area contributed by atoms with Crippen molar-refractivity contribution < 1.29 is 9.90 Å². The molecule has 0 saturated carbocycles. The van der Waals surface area contributed by atoms with E-state index in [4.69, 9.17) is 5.11 Å². The van der Waals surface area contributed by atoms with E-state index in [1.165, 1.54) is 4.52 Å². The van der Waals surface area contributed by atoms with Crippen LogP contribution >= 0.6 is 0 Å². The van der Waals surface area contributed by atoms with Gasteiger partial charge in [-0.25, -0.2) is 14.3 Å². The molecule has 2 aromatic heterocycles. The van der Waals surface area contributed by atoms with Crippen molar-refractivity contribution in [2.24, 2.45) is 0 Å². The van der Waals surface area contributed by atoms with Crippen LogP contribution in [0.2, 0.25) is 0 Å². The zero-order chi connectivity index (χ0) is 11.9. The number of aromatic nitrogens is 3. The Kier molecular flexibility index (Phi) is 2.38. The van der Waals surface area contributed by atoms with Gasteiger partial charge in [0.2, 0.25) is 0 Å². The van der Waals surface area contributed by atoms with E-state index in [1.54, 1.807) is 6.07 Å². The standard InChI is InChI=1S/C11H13N3O2/c1-4-8-5-9(11(15)16)14-10(12-8)6(2)7(3)13-14/h5H,4H2,1-3H3,(H,15,16). The molecule has 0 radical (unpaired) electrons. The first kappa shape index (κ1) is 10.6. The SMILES string of the molecule is CCc1cc(C(=O)O)n2nc(C)c(C)c2n1. The first-order valence-electron chi connectivity index (χ1n) is 5.13. The van der Waals surface area contributed by atoms with Crippen LogP contribution in [0.5, 0.6) is 0 Å². The van der Waals surface area contributed by atoms with Crippen LogP contribution in [0, 0.1) is 13.8 Å². The number of carbonyl (C=O) groups is 1. The minimum absolute atomic E-state index is 0.165. The zero-order valence-corrected chi connectivity index (χ0v) is 9.48. The van der Waals surface area contributed by atoms with Gasteiger partial charge in [-0.1, -0.05) is 6.92 Å². The van der Waals surface area contributed by atoms with Crippen molar-refractivity contribution >= 4 is 11.6 Å². The number of nitrogens with zero attached hydrogens (tertiary/aromatic N) is 3. The van der Waals surface area contributed by atoms with Crippen LogP contribution in [-0.4, -0.2) is 25.7 Å². The molecule has 0 unspecified atom stereocenters. The predicted octanol–water partition coefficient (Wildman–Crippen LogP) is 1.61. The quantitative estimate of drug-likeness (QED) is 0.833. The summed E-state index contributed by atoms with van der Waals surface area (Å²) in [6.07, 6.45) is 0.709. The van der Waals surface area contributed by atoms with Crippen molar-refractivity contribution in [2.45, 2.75) is 27.2 Å². The van der Waals surface area contributed by atoms with Crippen LogP contribution < -0.4 is 0 Å². The lowest BCUT2D eigenvalue weighted by Crippen LogP contribution is -2.09. The lowest BCUT2D eigenvalue weighted by Gasteiger charge is -2.02. The minimum atomic E-state index is -0.982. The van der Waals surface area contributed by atoms with Gasteiger partial charge in [0.25, 0.3) is 0 Å². The fourth-order valence-electron chi connectivity index (χ4n) is 1.61. The Balaban J connectivity index is 2.87. The second kappa shape index (κ2) is 3.59. The molecule has 2 heterocycles. The van der Waals surface area contributed by atoms with Crippen LogP contribution in [0.25, 0.3) is 5.65 Å². The Morgan fingerprint density at radius 2 is 2.19 bits per heavy atom. The molecule has 0 fully saturated rings. The predicted molar refractivity (Wildman–Crippen MR) is 58.8 cm³/mol. The zero-order valence-electron chi connectivity index (χ0n) is 9.48. The maximum atomic E-state index is 11.1. The van der Waals surface area contributed by atoms with Crippen molar-refractivity contribution in [1.82, 2.24) is 14.6 Å². The lowest BCUT2D eigenvalue weighted by molar-refractivity contribution is 0.0687. The number of carboxylic acid groups (broad SMARTS) is 1. The summed E-state index contributed by atoms with van der Waals surface area (Å²) in [4.78, 5) is 15.5. The van der Waals surface area contributed by atoms with E-state index in [-0.39, 0.29) is 5.69 Å². The molecule has 2 rings (SSSR count). The van der Waals surface area contributed by atoms with Crippen LogP contribution in [-0.2, 0) is 6.42 Å². The lowest BCUT2D eigenvalue weighted by atomic mass is 10.2. The van der Waals surface area contributed by atoms with Crippen LogP contribution in [0.3, 0.4) is 0 Å². The molecule has 0 aliphatic heterocycles. The average molecular weight is 219 g/mol. The largest absolute Gasteiger partial charge is 0.477 e. The van der Waals surface area contributed by atoms with E-state index >= 15 is 0 Å². The molecule has 1 N–H and O–H groups in total. The summed E-state index contributed by atoms with van der Waals surface area (Å²) in [6, 6.07) is 1.57. The normalized spacial score (nSPS) is 10.9. The van der Waals surface area contributed by atoms with E-state index in [2.05, 4.69) is 10.1 Å². The molecule has 0 aliphatic carbocycles. The molecule has 16 heavy (non-hydrogen) atoms. The van der Waals surface area contributed by atoms with Gasteiger partial charge >= 0.3 is 5.97 Å². The maximum Gasteiger partial charge on any atom is 0.354 e. The van der Waals surface area contributed by atoms with Gasteiger partial charge in [0, 0.05) is 11.3 Å². The highest BCUT2D eigenvalue weighted by atomic mass is 16.4. The molecule has 0 saturated heterocycles. The summed E-state index contributed by atoms with van der Waals surface area (Å²) in [5, 5.41) is 13.3. The summed E-state index contributed by atoms with van der Waals surface area (Å²) in [5.74, 6) is -0.982. The van der Waals surface area contributed by atoms with Crippen LogP contribution in [0.1, 0.15) is 34.4 Å². The fraction of sp³-hybridized carbons (Fsp3) is 0.364. The molecule has 0 atom stereocenters. The van der Waals surface area contributed by atoms with Gasteiger partial charge in [0.15, 0.2) is 11.3 Å². The number of hydrogen-bond donors (Lipinski definition) is 1. The summed E-state index contributed by atoms with van der Waals surface area (Å²) >= 11 is 0. The summed E-state index contributed by atoms with van der Waals surface area (Å²) in [6.45, 7) is 5.69. The monoisotopic (exact) mass is 219 g/mol. The molecular weight excluding hydrogens is 206 g/mol. The number of aryl methyl sites for hydroxylation is 3. The molecule has 5 nitrogen and oxygen atoms in total. The van der Waals surface area contributed by atoms with Gasteiger partial charge in [-0.3, -0.25) is 0 Å². The number of hydrogen-bond acceptors (Lipinski definition) is 3. The summed E-state index contributed by atoms with van der Waals surface area (Å²) in [5.41, 5.74) is 3.31. The molecule has 0 aromatic carbocycles. The van der Waals surface area contributed by atoms with Gasteiger partial charge in [-0.15, -0.1) is 0 Å². The third kappa shape index (κ3) is 1.44. The Hall–Kier alpha value is -1.91. The van der Waals surface area contributed by atoms with Crippen LogP contribution in [0.15, 0.2) is 6.07 Å². The third-order valence-electron chi connectivity index (χ3n) is 2.69. The maximum absolute atomic E-state index is 11.1. The summed E-state index contributed by atoms with van der Waals surface area (Å²) in [7, 11) is 0. The molecule has 84 valence electrons. The molecule has 0 bridgehead atoms. The minimum Gasteiger partial charge on any atom is -0.477 e. The van der Waals surface area contributed by atoms with E-state index < -0.39 is 5.97 Å². The van der Waals surface area contributed by atoms with E-state index in [9.17, 15) is 4.79 Å². The number of aromatic carboxylic acids is 1. The first-order chi connectivity index (χ1) is 7.54. The van der Waals surface area contributed by atoms with Crippen molar-refractivity contribution in [3.8, 4) is 0 Å². The average Bonchev–Trinajstić information content (AvgIpc) is 2.54. The van der Waals surface area contributed by atoms with E-state index in [1.807, 2.05) is 20.8 Å². The van der Waals surface area contributed by atoms with Crippen LogP contribution in [0.4, 0.5) is 0 Å².